The third-order valence-corrected chi connectivity index (χ3v) is 3.44. The van der Waals surface area contributed by atoms with Crippen molar-refractivity contribution in [3.05, 3.63) is 23.8 Å². The van der Waals surface area contributed by atoms with Crippen LogP contribution in [0.1, 0.15) is 5.56 Å². The molecule has 136 valence electrons. The molecule has 2 rings (SSSR count). The molecule has 0 radical (unpaired) electrons. The number of alkyl halides is 3. The van der Waals surface area contributed by atoms with Crippen molar-refractivity contribution >= 4 is 29.1 Å². The molecule has 1 aliphatic heterocycles. The Bertz CT molecular complexity index is 708. The van der Waals surface area contributed by atoms with E-state index in [-0.39, 0.29) is 31.1 Å². The molecular weight excluding hydrogens is 345 g/mol. The fourth-order valence-electron chi connectivity index (χ4n) is 2.20. The van der Waals surface area contributed by atoms with Crippen LogP contribution in [-0.2, 0) is 25.3 Å². The number of rotatable bonds is 4. The van der Waals surface area contributed by atoms with Crippen molar-refractivity contribution in [3.63, 3.8) is 0 Å². The molecule has 11 heteroatoms. The maximum Gasteiger partial charge on any atom is 0.418 e. The summed E-state index contributed by atoms with van der Waals surface area (Å²) < 4.78 is 45.0. The van der Waals surface area contributed by atoms with Gasteiger partial charge in [-0.25, -0.2) is 0 Å². The number of anilines is 2. The first-order chi connectivity index (χ1) is 11.6. The van der Waals surface area contributed by atoms with Gasteiger partial charge in [0.15, 0.2) is 6.04 Å². The van der Waals surface area contributed by atoms with Gasteiger partial charge >= 0.3 is 6.18 Å². The number of primary amides is 1. The first-order valence-electron chi connectivity index (χ1n) is 7.06. The number of hydrogen-bond donors (Lipinski definition) is 3. The number of halogens is 3. The largest absolute Gasteiger partial charge is 0.418 e. The van der Waals surface area contributed by atoms with Gasteiger partial charge < -0.3 is 26.4 Å². The van der Waals surface area contributed by atoms with Gasteiger partial charge in [0.05, 0.1) is 17.9 Å². The van der Waals surface area contributed by atoms with E-state index in [0.717, 1.165) is 11.0 Å². The Kier molecular flexibility index (Phi) is 5.28. The number of nitrogens with two attached hydrogens (primary N) is 2. The lowest BCUT2D eigenvalue weighted by Crippen LogP contribution is -2.46. The average Bonchev–Trinajstić information content (AvgIpc) is 2.53. The normalized spacial score (nSPS) is 16.5. The molecule has 5 N–H and O–H groups in total. The van der Waals surface area contributed by atoms with Gasteiger partial charge in [-0.1, -0.05) is 0 Å². The lowest BCUT2D eigenvalue weighted by Gasteiger charge is -2.29. The monoisotopic (exact) mass is 360 g/mol. The van der Waals surface area contributed by atoms with Crippen LogP contribution in [0.25, 0.3) is 0 Å². The molecule has 0 saturated carbocycles. The minimum atomic E-state index is -4.78. The molecule has 0 bridgehead atoms. The van der Waals surface area contributed by atoms with Gasteiger partial charge in [-0.15, -0.1) is 0 Å². The Balaban J connectivity index is 2.36. The summed E-state index contributed by atoms with van der Waals surface area (Å²) >= 11 is 0. The number of carbonyl (C=O) groups is 3. The van der Waals surface area contributed by atoms with Crippen LogP contribution < -0.4 is 21.7 Å². The van der Waals surface area contributed by atoms with Crippen LogP contribution in [0.15, 0.2) is 18.2 Å². The van der Waals surface area contributed by atoms with E-state index in [1.54, 1.807) is 0 Å². The Morgan fingerprint density at radius 2 is 2.00 bits per heavy atom. The standard InChI is InChI=1S/C14H15F3N4O4/c15-14(16,17)8-5-7(20-13(24)11(18)12(19)23)1-2-9(8)21-3-4-25-6-10(21)22/h1-2,5,11H,3-4,6,18H2,(H2,19,23)(H,20,24)/t11-/m0/s1. The van der Waals surface area contributed by atoms with Crippen molar-refractivity contribution in [2.75, 3.05) is 30.0 Å². The number of hydrogen-bond acceptors (Lipinski definition) is 5. The summed E-state index contributed by atoms with van der Waals surface area (Å²) in [4.78, 5) is 35.3. The van der Waals surface area contributed by atoms with Crippen LogP contribution in [0.3, 0.4) is 0 Å². The highest BCUT2D eigenvalue weighted by atomic mass is 19.4. The predicted molar refractivity (Wildman–Crippen MR) is 80.4 cm³/mol. The smallest absolute Gasteiger partial charge is 0.370 e. The van der Waals surface area contributed by atoms with Crippen LogP contribution in [0, 0.1) is 0 Å². The van der Waals surface area contributed by atoms with E-state index in [2.05, 4.69) is 5.32 Å². The maximum absolute atomic E-state index is 13.4. The molecular formula is C14H15F3N4O4. The van der Waals surface area contributed by atoms with Crippen molar-refractivity contribution in [2.45, 2.75) is 12.2 Å². The van der Waals surface area contributed by atoms with Crippen LogP contribution in [0.4, 0.5) is 24.5 Å². The van der Waals surface area contributed by atoms with Crippen LogP contribution in [0.5, 0.6) is 0 Å². The molecule has 1 aromatic carbocycles. The van der Waals surface area contributed by atoms with Crippen molar-refractivity contribution in [1.82, 2.24) is 0 Å². The highest BCUT2D eigenvalue weighted by molar-refractivity contribution is 6.09. The molecule has 25 heavy (non-hydrogen) atoms. The van der Waals surface area contributed by atoms with E-state index in [1.165, 1.54) is 6.07 Å². The lowest BCUT2D eigenvalue weighted by atomic mass is 10.1. The van der Waals surface area contributed by atoms with Crippen LogP contribution in [0.2, 0.25) is 0 Å². The van der Waals surface area contributed by atoms with Gasteiger partial charge in [-0.05, 0) is 18.2 Å². The number of nitrogens with zero attached hydrogens (tertiary/aromatic N) is 1. The molecule has 1 aromatic rings. The molecule has 8 nitrogen and oxygen atoms in total. The van der Waals surface area contributed by atoms with E-state index in [1.807, 2.05) is 0 Å². The highest BCUT2D eigenvalue weighted by Gasteiger charge is 2.37. The number of benzene rings is 1. The minimum Gasteiger partial charge on any atom is -0.370 e. The first-order valence-corrected chi connectivity index (χ1v) is 7.06. The van der Waals surface area contributed by atoms with Gasteiger partial charge in [0.1, 0.15) is 6.61 Å². The van der Waals surface area contributed by atoms with E-state index in [0.29, 0.717) is 6.07 Å². The number of amides is 3. The minimum absolute atomic E-state index is 0.0276. The summed E-state index contributed by atoms with van der Waals surface area (Å²) in [5, 5.41) is 2.08. The Morgan fingerprint density at radius 1 is 1.32 bits per heavy atom. The quantitative estimate of drug-likeness (QED) is 0.642. The molecule has 1 saturated heterocycles. The Hall–Kier alpha value is -2.66. The average molecular weight is 360 g/mol. The molecule has 1 aliphatic rings. The zero-order valence-electron chi connectivity index (χ0n) is 12.8. The lowest BCUT2D eigenvalue weighted by molar-refractivity contribution is -0.137. The second-order valence-electron chi connectivity index (χ2n) is 5.20. The molecule has 1 heterocycles. The van der Waals surface area contributed by atoms with Gasteiger partial charge in [0, 0.05) is 12.2 Å². The van der Waals surface area contributed by atoms with Crippen molar-refractivity contribution in [3.8, 4) is 0 Å². The van der Waals surface area contributed by atoms with Gasteiger partial charge in [0.25, 0.3) is 11.8 Å². The third kappa shape index (κ3) is 4.25. The van der Waals surface area contributed by atoms with Crippen LogP contribution >= 0.6 is 0 Å². The van der Waals surface area contributed by atoms with E-state index in [4.69, 9.17) is 16.2 Å². The van der Waals surface area contributed by atoms with Crippen molar-refractivity contribution in [2.24, 2.45) is 11.5 Å². The fourth-order valence-corrected chi connectivity index (χ4v) is 2.20. The van der Waals surface area contributed by atoms with Gasteiger partial charge in [-0.3, -0.25) is 14.4 Å². The van der Waals surface area contributed by atoms with Crippen molar-refractivity contribution in [1.29, 1.82) is 0 Å². The first kappa shape index (κ1) is 18.7. The molecule has 3 amide bonds. The predicted octanol–water partition coefficient (Wildman–Crippen LogP) is -0.180. The summed E-state index contributed by atoms with van der Waals surface area (Å²) in [5.74, 6) is -2.77. The SMILES string of the molecule is NC(=O)[C@H](N)C(=O)Nc1ccc(N2CCOCC2=O)c(C(F)(F)F)c1. The van der Waals surface area contributed by atoms with E-state index >= 15 is 0 Å². The molecule has 0 aliphatic carbocycles. The summed E-state index contributed by atoms with van der Waals surface area (Å²) in [5.41, 5.74) is 8.38. The maximum atomic E-state index is 13.4. The number of carbonyl (C=O) groups excluding carboxylic acids is 3. The molecule has 1 fully saturated rings. The fraction of sp³-hybridized carbons (Fsp3) is 0.357. The van der Waals surface area contributed by atoms with E-state index in [9.17, 15) is 27.6 Å². The zero-order valence-corrected chi connectivity index (χ0v) is 12.8. The summed E-state index contributed by atoms with van der Waals surface area (Å²) in [7, 11) is 0. The number of morpholine rings is 1. The number of ether oxygens (including phenoxy) is 1. The van der Waals surface area contributed by atoms with Crippen LogP contribution in [-0.4, -0.2) is 43.5 Å². The second-order valence-corrected chi connectivity index (χ2v) is 5.20. The molecule has 0 unspecified atom stereocenters. The topological polar surface area (TPSA) is 128 Å². The highest BCUT2D eigenvalue weighted by Crippen LogP contribution is 2.38. The molecule has 1 atom stereocenters. The van der Waals surface area contributed by atoms with Gasteiger partial charge in [-0.2, -0.15) is 13.2 Å². The Morgan fingerprint density at radius 3 is 2.56 bits per heavy atom. The summed E-state index contributed by atoms with van der Waals surface area (Å²) in [6.07, 6.45) is -4.78. The summed E-state index contributed by atoms with van der Waals surface area (Å²) in [6, 6.07) is 1.18. The molecule has 0 aromatic heterocycles. The Labute approximate surface area is 139 Å². The third-order valence-electron chi connectivity index (χ3n) is 3.44. The molecule has 0 spiro atoms. The second kappa shape index (κ2) is 7.07. The van der Waals surface area contributed by atoms with Crippen molar-refractivity contribution < 1.29 is 32.3 Å². The van der Waals surface area contributed by atoms with Gasteiger partial charge in [0.2, 0.25) is 5.91 Å². The zero-order chi connectivity index (χ0) is 18.8. The number of nitrogens with one attached hydrogen (secondary N) is 1. The summed E-state index contributed by atoms with van der Waals surface area (Å²) in [6.45, 7) is -0.238. The van der Waals surface area contributed by atoms with E-state index < -0.39 is 35.5 Å².